The first-order chi connectivity index (χ1) is 12.8. The topological polar surface area (TPSA) is 175 Å². The Morgan fingerprint density at radius 1 is 0.963 bits per heavy atom. The minimum absolute atomic E-state index is 0.275. The number of rotatable bonds is 7. The molecule has 2 aliphatic rings. The van der Waals surface area contributed by atoms with Crippen LogP contribution in [-0.2, 0) is 23.7 Å². The van der Waals surface area contributed by atoms with Crippen LogP contribution in [0.15, 0.2) is 0 Å². The van der Waals surface area contributed by atoms with Gasteiger partial charge in [0.15, 0.2) is 18.7 Å². The summed E-state index contributed by atoms with van der Waals surface area (Å²) in [5, 5.41) is 59.1. The highest BCUT2D eigenvalue weighted by molar-refractivity contribution is 5.73. The van der Waals surface area contributed by atoms with Gasteiger partial charge in [-0.15, -0.1) is 0 Å². The van der Waals surface area contributed by atoms with Crippen molar-refractivity contribution in [2.24, 2.45) is 11.8 Å². The first kappa shape index (κ1) is 22.4. The average Bonchev–Trinajstić information content (AvgIpc) is 2.65. The maximum absolute atomic E-state index is 11.4. The molecule has 10 atom stereocenters. The average molecular weight is 396 g/mol. The van der Waals surface area contributed by atoms with Gasteiger partial charge in [0.2, 0.25) is 0 Å². The lowest BCUT2D eigenvalue weighted by Gasteiger charge is -2.44. The molecular weight excluding hydrogens is 368 g/mol. The van der Waals surface area contributed by atoms with Crippen LogP contribution in [0, 0.1) is 11.8 Å². The van der Waals surface area contributed by atoms with E-state index < -0.39 is 73.6 Å². The number of carboxylic acid groups (broad SMARTS) is 1. The Balaban J connectivity index is 2.06. The van der Waals surface area contributed by atoms with E-state index in [1.54, 1.807) is 6.92 Å². The van der Waals surface area contributed by atoms with Crippen LogP contribution in [0.1, 0.15) is 13.3 Å². The molecule has 11 heteroatoms. The fourth-order valence-electron chi connectivity index (χ4n) is 3.51. The second-order valence-corrected chi connectivity index (χ2v) is 6.76. The van der Waals surface area contributed by atoms with Crippen molar-refractivity contribution < 1.29 is 54.4 Å². The number of ether oxygens (including phenoxy) is 4. The molecule has 0 spiro atoms. The number of hydrogen-bond acceptors (Lipinski definition) is 10. The fourth-order valence-corrected chi connectivity index (χ4v) is 3.51. The predicted octanol–water partition coefficient (Wildman–Crippen LogP) is -2.74. The van der Waals surface area contributed by atoms with Crippen LogP contribution in [0.25, 0.3) is 0 Å². The van der Waals surface area contributed by atoms with Gasteiger partial charge in [-0.2, -0.15) is 0 Å². The predicted molar refractivity (Wildman–Crippen MR) is 86.3 cm³/mol. The zero-order chi connectivity index (χ0) is 20.3. The lowest BCUT2D eigenvalue weighted by atomic mass is 9.87. The number of hydrogen-bond donors (Lipinski definition) is 6. The Morgan fingerprint density at radius 3 is 2.11 bits per heavy atom. The number of aliphatic hydroxyl groups is 5. The third-order valence-corrected chi connectivity index (χ3v) is 5.15. The maximum atomic E-state index is 11.4. The van der Waals surface area contributed by atoms with Crippen molar-refractivity contribution in [2.75, 3.05) is 20.3 Å². The van der Waals surface area contributed by atoms with Crippen molar-refractivity contribution in [3.8, 4) is 0 Å². The molecule has 6 N–H and O–H groups in total. The lowest BCUT2D eigenvalue weighted by molar-refractivity contribution is -0.315. The van der Waals surface area contributed by atoms with Crippen molar-refractivity contribution in [3.63, 3.8) is 0 Å². The van der Waals surface area contributed by atoms with Crippen LogP contribution in [0.4, 0.5) is 0 Å². The molecule has 10 unspecified atom stereocenters. The highest BCUT2D eigenvalue weighted by Crippen LogP contribution is 2.32. The van der Waals surface area contributed by atoms with Crippen LogP contribution >= 0.6 is 0 Å². The van der Waals surface area contributed by atoms with Crippen molar-refractivity contribution in [3.05, 3.63) is 0 Å². The van der Waals surface area contributed by atoms with E-state index in [1.165, 1.54) is 7.11 Å². The zero-order valence-electron chi connectivity index (χ0n) is 15.1. The van der Waals surface area contributed by atoms with Crippen molar-refractivity contribution >= 4 is 5.97 Å². The highest BCUT2D eigenvalue weighted by Gasteiger charge is 2.49. The van der Waals surface area contributed by atoms with Gasteiger partial charge in [0.25, 0.3) is 0 Å². The van der Waals surface area contributed by atoms with E-state index in [0.29, 0.717) is 0 Å². The molecule has 27 heavy (non-hydrogen) atoms. The molecule has 0 radical (unpaired) electrons. The monoisotopic (exact) mass is 396 g/mol. The van der Waals surface area contributed by atoms with E-state index >= 15 is 0 Å². The van der Waals surface area contributed by atoms with Gasteiger partial charge >= 0.3 is 5.97 Å². The second kappa shape index (κ2) is 9.54. The molecule has 0 aromatic rings. The lowest BCUT2D eigenvalue weighted by Crippen LogP contribution is -2.59. The Hall–Kier alpha value is -0.890. The summed E-state index contributed by atoms with van der Waals surface area (Å²) in [4.78, 5) is 11.4. The first-order valence-electron chi connectivity index (χ1n) is 8.78. The van der Waals surface area contributed by atoms with Gasteiger partial charge in [0.1, 0.15) is 18.3 Å². The maximum Gasteiger partial charge on any atom is 0.333 e. The Kier molecular flexibility index (Phi) is 7.92. The number of carbonyl (C=O) groups is 1. The molecule has 0 aromatic carbocycles. The quantitative estimate of drug-likeness (QED) is 0.263. The summed E-state index contributed by atoms with van der Waals surface area (Å²) in [7, 11) is 1.30. The Bertz CT molecular complexity index is 487. The number of methoxy groups -OCH3 is 1. The minimum atomic E-state index is -1.50. The molecule has 2 heterocycles. The molecule has 0 amide bonds. The molecule has 2 fully saturated rings. The molecule has 0 aliphatic carbocycles. The van der Waals surface area contributed by atoms with Crippen LogP contribution < -0.4 is 0 Å². The molecule has 0 aromatic heterocycles. The van der Waals surface area contributed by atoms with Gasteiger partial charge < -0.3 is 49.6 Å². The third-order valence-electron chi connectivity index (χ3n) is 5.15. The molecule has 2 aliphatic heterocycles. The number of aliphatic carboxylic acids is 1. The Labute approximate surface area is 156 Å². The summed E-state index contributed by atoms with van der Waals surface area (Å²) in [6.07, 6.45) is -10.2. The summed E-state index contributed by atoms with van der Waals surface area (Å²) >= 11 is 0. The summed E-state index contributed by atoms with van der Waals surface area (Å²) in [6.45, 7) is 0.812. The van der Waals surface area contributed by atoms with Gasteiger partial charge in [0, 0.05) is 13.0 Å². The molecule has 2 saturated heterocycles. The van der Waals surface area contributed by atoms with Crippen molar-refractivity contribution in [1.29, 1.82) is 0 Å². The van der Waals surface area contributed by atoms with Gasteiger partial charge in [-0.05, 0) is 6.42 Å². The number of aliphatic hydroxyl groups excluding tert-OH is 5. The minimum Gasteiger partial charge on any atom is -0.479 e. The van der Waals surface area contributed by atoms with Crippen molar-refractivity contribution in [1.82, 2.24) is 0 Å². The summed E-state index contributed by atoms with van der Waals surface area (Å²) in [5.41, 5.74) is 0. The van der Waals surface area contributed by atoms with Gasteiger partial charge in [-0.25, -0.2) is 4.79 Å². The molecule has 0 bridgehead atoms. The molecular formula is C16H28O11. The number of carboxylic acids is 1. The Morgan fingerprint density at radius 2 is 1.59 bits per heavy atom. The zero-order valence-corrected chi connectivity index (χ0v) is 15.1. The van der Waals surface area contributed by atoms with E-state index in [1.807, 2.05) is 0 Å². The molecule has 0 saturated carbocycles. The standard InChI is InChI=1S/C16H28O11/c1-3-6-9(18)12(21)16(27-13(6)14(22)23)25-5-7-10(19)11(20)8(4-17)26-15(7)24-2/h6-13,15-21H,3-5H2,1-2H3,(H,22,23). The molecule has 158 valence electrons. The van der Waals surface area contributed by atoms with E-state index in [-0.39, 0.29) is 13.0 Å². The molecule has 11 nitrogen and oxygen atoms in total. The van der Waals surface area contributed by atoms with Crippen LogP contribution in [0.5, 0.6) is 0 Å². The molecule has 2 rings (SSSR count). The summed E-state index contributed by atoms with van der Waals surface area (Å²) < 4.78 is 21.2. The van der Waals surface area contributed by atoms with Crippen molar-refractivity contribution in [2.45, 2.75) is 62.5 Å². The largest absolute Gasteiger partial charge is 0.479 e. The van der Waals surface area contributed by atoms with Gasteiger partial charge in [0.05, 0.1) is 31.3 Å². The fraction of sp³-hybridized carbons (Fsp3) is 0.938. The second-order valence-electron chi connectivity index (χ2n) is 6.76. The summed E-state index contributed by atoms with van der Waals surface area (Å²) in [5.74, 6) is -3.01. The van der Waals surface area contributed by atoms with Gasteiger partial charge in [-0.1, -0.05) is 6.92 Å². The van der Waals surface area contributed by atoms with E-state index in [2.05, 4.69) is 0 Å². The SMILES string of the molecule is CCC1C(C(=O)O)OC(OCC2C(OC)OC(CO)C(O)C2O)C(O)C1O. The third kappa shape index (κ3) is 4.58. The highest BCUT2D eigenvalue weighted by atomic mass is 16.7. The first-order valence-corrected chi connectivity index (χ1v) is 8.78. The van der Waals surface area contributed by atoms with E-state index in [4.69, 9.17) is 18.9 Å². The van der Waals surface area contributed by atoms with Crippen LogP contribution in [0.2, 0.25) is 0 Å². The van der Waals surface area contributed by atoms with Crippen LogP contribution in [0.3, 0.4) is 0 Å². The normalized spacial score (nSPS) is 45.6. The van der Waals surface area contributed by atoms with E-state index in [9.17, 15) is 35.4 Å². The summed E-state index contributed by atoms with van der Waals surface area (Å²) in [6, 6.07) is 0. The van der Waals surface area contributed by atoms with Gasteiger partial charge in [-0.3, -0.25) is 0 Å². The smallest absolute Gasteiger partial charge is 0.333 e. The van der Waals surface area contributed by atoms with Crippen LogP contribution in [-0.4, -0.2) is 106 Å². The van der Waals surface area contributed by atoms with E-state index in [0.717, 1.165) is 0 Å².